The zero-order chi connectivity index (χ0) is 29.2. The first kappa shape index (κ1) is 27.5. The maximum Gasteiger partial charge on any atom is 0.271 e. The molecule has 2 aliphatic rings. The van der Waals surface area contributed by atoms with Crippen LogP contribution in [-0.4, -0.2) is 62.5 Å². The van der Waals surface area contributed by atoms with Crippen LogP contribution in [0.15, 0.2) is 54.6 Å². The highest BCUT2D eigenvalue weighted by molar-refractivity contribution is 6.05. The van der Waals surface area contributed by atoms with Crippen LogP contribution in [0.5, 0.6) is 11.5 Å². The minimum atomic E-state index is -0.616. The minimum Gasteiger partial charge on any atom is -0.496 e. The van der Waals surface area contributed by atoms with Gasteiger partial charge in [0.2, 0.25) is 0 Å². The lowest BCUT2D eigenvalue weighted by Gasteiger charge is -2.27. The van der Waals surface area contributed by atoms with Crippen molar-refractivity contribution >= 4 is 34.1 Å². The number of carbonyl (C=O) groups is 2. The minimum absolute atomic E-state index is 0.0733. The van der Waals surface area contributed by atoms with Crippen LogP contribution in [-0.2, 0) is 9.53 Å². The molecule has 0 bridgehead atoms. The molecule has 10 nitrogen and oxygen atoms in total. The predicted octanol–water partition coefficient (Wildman–Crippen LogP) is 4.66. The second-order valence-corrected chi connectivity index (χ2v) is 10.6. The summed E-state index contributed by atoms with van der Waals surface area (Å²) < 4.78 is 16.8. The Morgan fingerprint density at radius 2 is 1.79 bits per heavy atom. The summed E-state index contributed by atoms with van der Waals surface area (Å²) in [6.07, 6.45) is 3.55. The van der Waals surface area contributed by atoms with Gasteiger partial charge in [0, 0.05) is 41.4 Å². The van der Waals surface area contributed by atoms with E-state index in [4.69, 9.17) is 19.9 Å². The van der Waals surface area contributed by atoms with E-state index in [0.29, 0.717) is 35.9 Å². The standard InChI is InChI=1S/C32H33N5O5/c1-40-27-10-6-20(23-9-7-22(17-28(23)41-2)37-13-14-42-18-29(37)38)15-25(27)21-5-8-24-26(16-21)35-36-31(32(33)39)30(24)34-12-11-19-3-4-19/h5-10,15-17,19H,3-4,11-14,18H2,1-2H3,(H2,33,39)(H,34,35). The van der Waals surface area contributed by atoms with Gasteiger partial charge >= 0.3 is 0 Å². The van der Waals surface area contributed by atoms with Gasteiger partial charge in [-0.15, -0.1) is 10.2 Å². The Balaban J connectivity index is 1.37. The molecule has 10 heteroatoms. The fraction of sp³-hybridized carbons (Fsp3) is 0.312. The van der Waals surface area contributed by atoms with Crippen molar-refractivity contribution < 1.29 is 23.8 Å². The molecular formula is C32H33N5O5. The molecule has 216 valence electrons. The summed E-state index contributed by atoms with van der Waals surface area (Å²) in [7, 11) is 3.25. The average molecular weight is 568 g/mol. The number of hydrogen-bond acceptors (Lipinski definition) is 8. The fourth-order valence-electron chi connectivity index (χ4n) is 5.41. The van der Waals surface area contributed by atoms with Gasteiger partial charge in [-0.25, -0.2) is 0 Å². The van der Waals surface area contributed by atoms with Gasteiger partial charge in [-0.2, -0.15) is 0 Å². The van der Waals surface area contributed by atoms with E-state index in [1.807, 2.05) is 54.6 Å². The number of carbonyl (C=O) groups excluding carboxylic acids is 2. The number of rotatable bonds is 10. The van der Waals surface area contributed by atoms with Crippen molar-refractivity contribution in [3.63, 3.8) is 0 Å². The maximum atomic E-state index is 12.4. The van der Waals surface area contributed by atoms with Crippen LogP contribution in [0.25, 0.3) is 33.2 Å². The highest BCUT2D eigenvalue weighted by Gasteiger charge is 2.23. The molecule has 2 heterocycles. The number of nitrogens with zero attached hydrogens (tertiary/aromatic N) is 3. The molecule has 0 unspecified atom stereocenters. The molecular weight excluding hydrogens is 534 g/mol. The molecule has 42 heavy (non-hydrogen) atoms. The third-order valence-electron chi connectivity index (χ3n) is 7.85. The monoisotopic (exact) mass is 567 g/mol. The third-order valence-corrected chi connectivity index (χ3v) is 7.85. The molecule has 0 atom stereocenters. The molecule has 3 aromatic carbocycles. The fourth-order valence-corrected chi connectivity index (χ4v) is 5.41. The first-order valence-electron chi connectivity index (χ1n) is 14.1. The maximum absolute atomic E-state index is 12.4. The summed E-state index contributed by atoms with van der Waals surface area (Å²) >= 11 is 0. The van der Waals surface area contributed by atoms with E-state index in [0.717, 1.165) is 52.2 Å². The van der Waals surface area contributed by atoms with E-state index in [2.05, 4.69) is 15.5 Å². The van der Waals surface area contributed by atoms with Crippen LogP contribution in [0.2, 0.25) is 0 Å². The molecule has 0 radical (unpaired) electrons. The number of benzene rings is 3. The zero-order valence-corrected chi connectivity index (χ0v) is 23.7. The van der Waals surface area contributed by atoms with E-state index >= 15 is 0 Å². The number of amides is 2. The number of nitrogens with one attached hydrogen (secondary N) is 1. The SMILES string of the molecule is COc1cc(N2CCOCC2=O)ccc1-c1ccc(OC)c(-c2ccc3c(NCCC4CC4)c(C(N)=O)nnc3c2)c1. The van der Waals surface area contributed by atoms with Gasteiger partial charge in [0.05, 0.1) is 32.0 Å². The summed E-state index contributed by atoms with van der Waals surface area (Å²) in [6, 6.07) is 17.5. The van der Waals surface area contributed by atoms with Gasteiger partial charge in [-0.05, 0) is 59.9 Å². The normalized spacial score (nSPS) is 15.1. The molecule has 1 aromatic heterocycles. The van der Waals surface area contributed by atoms with E-state index in [1.54, 1.807) is 19.1 Å². The summed E-state index contributed by atoms with van der Waals surface area (Å²) in [5.41, 5.74) is 11.3. The molecule has 2 amide bonds. The largest absolute Gasteiger partial charge is 0.496 e. The van der Waals surface area contributed by atoms with Crippen LogP contribution in [0.1, 0.15) is 29.8 Å². The molecule has 4 aromatic rings. The first-order chi connectivity index (χ1) is 20.5. The Hall–Kier alpha value is -4.70. The highest BCUT2D eigenvalue weighted by Crippen LogP contribution is 2.40. The van der Waals surface area contributed by atoms with Gasteiger partial charge in [0.1, 0.15) is 18.1 Å². The molecule has 1 saturated heterocycles. The summed E-state index contributed by atoms with van der Waals surface area (Å²) in [5, 5.41) is 12.7. The number of methoxy groups -OCH3 is 2. The lowest BCUT2D eigenvalue weighted by Crippen LogP contribution is -2.41. The second kappa shape index (κ2) is 11.7. The Labute approximate surface area is 243 Å². The topological polar surface area (TPSA) is 129 Å². The van der Waals surface area contributed by atoms with Gasteiger partial charge in [-0.3, -0.25) is 9.59 Å². The molecule has 2 fully saturated rings. The summed E-state index contributed by atoms with van der Waals surface area (Å²) in [4.78, 5) is 26.2. The Kier molecular flexibility index (Phi) is 7.62. The summed E-state index contributed by atoms with van der Waals surface area (Å²) in [6.45, 7) is 1.81. The lowest BCUT2D eigenvalue weighted by molar-refractivity contribution is -0.125. The number of ether oxygens (including phenoxy) is 3. The number of hydrogen-bond donors (Lipinski definition) is 2. The Bertz CT molecular complexity index is 1670. The van der Waals surface area contributed by atoms with Gasteiger partial charge in [0.15, 0.2) is 5.69 Å². The van der Waals surface area contributed by atoms with Crippen LogP contribution >= 0.6 is 0 Å². The Morgan fingerprint density at radius 1 is 1.00 bits per heavy atom. The number of nitrogens with two attached hydrogens (primary N) is 1. The Morgan fingerprint density at radius 3 is 2.52 bits per heavy atom. The third kappa shape index (κ3) is 5.45. The zero-order valence-electron chi connectivity index (χ0n) is 23.7. The van der Waals surface area contributed by atoms with Crippen LogP contribution < -0.4 is 25.4 Å². The van der Waals surface area contributed by atoms with Crippen molar-refractivity contribution in [1.29, 1.82) is 0 Å². The van der Waals surface area contributed by atoms with Crippen molar-refractivity contribution in [1.82, 2.24) is 10.2 Å². The van der Waals surface area contributed by atoms with Crippen molar-refractivity contribution in [2.75, 3.05) is 50.7 Å². The van der Waals surface area contributed by atoms with Crippen LogP contribution in [0.4, 0.5) is 11.4 Å². The number of fused-ring (bicyclic) bond motifs is 1. The van der Waals surface area contributed by atoms with Crippen molar-refractivity contribution in [2.24, 2.45) is 11.7 Å². The lowest BCUT2D eigenvalue weighted by atomic mass is 9.96. The number of morpholine rings is 1. The van der Waals surface area contributed by atoms with Crippen molar-refractivity contribution in [2.45, 2.75) is 19.3 Å². The number of aromatic nitrogens is 2. The molecule has 1 saturated carbocycles. The van der Waals surface area contributed by atoms with E-state index in [9.17, 15) is 9.59 Å². The molecule has 6 rings (SSSR count). The molecule has 1 aliphatic heterocycles. The van der Waals surface area contributed by atoms with Crippen LogP contribution in [0, 0.1) is 5.92 Å². The molecule has 3 N–H and O–H groups in total. The van der Waals surface area contributed by atoms with Crippen LogP contribution in [0.3, 0.4) is 0 Å². The molecule has 1 aliphatic carbocycles. The first-order valence-corrected chi connectivity index (χ1v) is 14.1. The van der Waals surface area contributed by atoms with E-state index < -0.39 is 5.91 Å². The number of anilines is 2. The second-order valence-electron chi connectivity index (χ2n) is 10.6. The number of primary amides is 1. The molecule has 0 spiro atoms. The van der Waals surface area contributed by atoms with E-state index in [-0.39, 0.29) is 18.2 Å². The van der Waals surface area contributed by atoms with Gasteiger partial charge in [-0.1, -0.05) is 25.0 Å². The van der Waals surface area contributed by atoms with Crippen molar-refractivity contribution in [3.8, 4) is 33.8 Å². The smallest absolute Gasteiger partial charge is 0.271 e. The average Bonchev–Trinajstić information content (AvgIpc) is 3.85. The highest BCUT2D eigenvalue weighted by atomic mass is 16.5. The predicted molar refractivity (Wildman–Crippen MR) is 161 cm³/mol. The van der Waals surface area contributed by atoms with Gasteiger partial charge in [0.25, 0.3) is 11.8 Å². The quantitative estimate of drug-likeness (QED) is 0.283. The van der Waals surface area contributed by atoms with Gasteiger partial charge < -0.3 is 30.2 Å². The van der Waals surface area contributed by atoms with Crippen molar-refractivity contribution in [3.05, 3.63) is 60.3 Å². The van der Waals surface area contributed by atoms with E-state index in [1.165, 1.54) is 12.8 Å². The summed E-state index contributed by atoms with van der Waals surface area (Å²) in [5.74, 6) is 1.39.